The van der Waals surface area contributed by atoms with Crippen molar-refractivity contribution in [1.82, 2.24) is 10.3 Å². The average Bonchev–Trinajstić information content (AvgIpc) is 3.07. The highest BCUT2D eigenvalue weighted by Crippen LogP contribution is 2.24. The molecule has 4 nitrogen and oxygen atoms in total. The van der Waals surface area contributed by atoms with Gasteiger partial charge in [-0.3, -0.25) is 4.79 Å². The molecule has 0 spiro atoms. The topological polar surface area (TPSA) is 45.2 Å². The zero-order valence-corrected chi connectivity index (χ0v) is 13.3. The van der Waals surface area contributed by atoms with Gasteiger partial charge in [0.15, 0.2) is 5.13 Å². The second-order valence-electron chi connectivity index (χ2n) is 5.58. The molecule has 0 aliphatic carbocycles. The number of carbonyl (C=O) groups excluding carboxylic acids is 1. The first-order valence-corrected chi connectivity index (χ1v) is 8.40. The van der Waals surface area contributed by atoms with Gasteiger partial charge in [0.05, 0.1) is 0 Å². The standard InChI is InChI=1S/C16H17F2N3OS/c17-12-4-1-5-13(18)14(12)15(22)20-9-11-3-2-7-21(10-11)16-19-6-8-23-16/h1,4-6,8,11H,2-3,7,9-10H2,(H,20,22). The number of aromatic nitrogens is 1. The van der Waals surface area contributed by atoms with Crippen molar-refractivity contribution >= 4 is 22.4 Å². The van der Waals surface area contributed by atoms with E-state index in [0.29, 0.717) is 6.54 Å². The van der Waals surface area contributed by atoms with Crippen LogP contribution >= 0.6 is 11.3 Å². The molecule has 1 atom stereocenters. The summed E-state index contributed by atoms with van der Waals surface area (Å²) < 4.78 is 27.2. The first-order valence-electron chi connectivity index (χ1n) is 7.52. The van der Waals surface area contributed by atoms with Crippen LogP contribution in [0.5, 0.6) is 0 Å². The van der Waals surface area contributed by atoms with Crippen LogP contribution in [-0.2, 0) is 0 Å². The lowest BCUT2D eigenvalue weighted by Gasteiger charge is -2.32. The molecule has 3 rings (SSSR count). The number of thiazole rings is 1. The Bertz CT molecular complexity index is 658. The van der Waals surface area contributed by atoms with Crippen molar-refractivity contribution in [3.63, 3.8) is 0 Å². The van der Waals surface area contributed by atoms with Gasteiger partial charge in [-0.05, 0) is 30.9 Å². The normalized spacial score (nSPS) is 18.0. The summed E-state index contributed by atoms with van der Waals surface area (Å²) in [6.07, 6.45) is 3.75. The second kappa shape index (κ2) is 7.04. The van der Waals surface area contributed by atoms with Crippen molar-refractivity contribution < 1.29 is 13.6 Å². The van der Waals surface area contributed by atoms with E-state index >= 15 is 0 Å². The van der Waals surface area contributed by atoms with Crippen LogP contribution in [0.3, 0.4) is 0 Å². The molecule has 1 aromatic carbocycles. The van der Waals surface area contributed by atoms with Gasteiger partial charge in [-0.15, -0.1) is 11.3 Å². The van der Waals surface area contributed by atoms with Crippen LogP contribution in [0.4, 0.5) is 13.9 Å². The Hall–Kier alpha value is -2.02. The van der Waals surface area contributed by atoms with Crippen molar-refractivity contribution in [2.45, 2.75) is 12.8 Å². The molecule has 2 aromatic rings. The summed E-state index contributed by atoms with van der Waals surface area (Å²) >= 11 is 1.58. The number of halogens is 2. The Kier molecular flexibility index (Phi) is 4.85. The van der Waals surface area contributed by atoms with Gasteiger partial charge in [0.1, 0.15) is 17.2 Å². The molecule has 0 bridgehead atoms. The quantitative estimate of drug-likeness (QED) is 0.933. The summed E-state index contributed by atoms with van der Waals surface area (Å²) in [6, 6.07) is 3.42. The summed E-state index contributed by atoms with van der Waals surface area (Å²) in [5.41, 5.74) is -0.514. The molecule has 1 aliphatic rings. The van der Waals surface area contributed by atoms with E-state index in [0.717, 1.165) is 43.2 Å². The van der Waals surface area contributed by atoms with Crippen molar-refractivity contribution in [2.24, 2.45) is 5.92 Å². The number of benzene rings is 1. The fraction of sp³-hybridized carbons (Fsp3) is 0.375. The number of hydrogen-bond donors (Lipinski definition) is 1. The number of hydrogen-bond acceptors (Lipinski definition) is 4. The molecule has 122 valence electrons. The lowest BCUT2D eigenvalue weighted by molar-refractivity contribution is 0.0937. The minimum Gasteiger partial charge on any atom is -0.352 e. The van der Waals surface area contributed by atoms with Crippen LogP contribution in [0.15, 0.2) is 29.8 Å². The van der Waals surface area contributed by atoms with E-state index in [1.807, 2.05) is 5.38 Å². The third-order valence-corrected chi connectivity index (χ3v) is 4.78. The van der Waals surface area contributed by atoms with Gasteiger partial charge >= 0.3 is 0 Å². The fourth-order valence-electron chi connectivity index (χ4n) is 2.82. The molecule has 7 heteroatoms. The van der Waals surface area contributed by atoms with Crippen molar-refractivity contribution in [1.29, 1.82) is 0 Å². The molecule has 1 aromatic heterocycles. The van der Waals surface area contributed by atoms with E-state index in [-0.39, 0.29) is 5.92 Å². The molecule has 1 fully saturated rings. The Morgan fingerprint density at radius 2 is 2.17 bits per heavy atom. The van der Waals surface area contributed by atoms with Gasteiger partial charge in [-0.1, -0.05) is 6.07 Å². The van der Waals surface area contributed by atoms with Gasteiger partial charge in [-0.25, -0.2) is 13.8 Å². The van der Waals surface area contributed by atoms with Crippen LogP contribution in [-0.4, -0.2) is 30.5 Å². The van der Waals surface area contributed by atoms with E-state index < -0.39 is 23.1 Å². The van der Waals surface area contributed by atoms with Crippen molar-refractivity contribution in [3.8, 4) is 0 Å². The molecule has 1 saturated heterocycles. The lowest BCUT2D eigenvalue weighted by atomic mass is 9.98. The molecule has 2 heterocycles. The number of anilines is 1. The smallest absolute Gasteiger partial charge is 0.257 e. The SMILES string of the molecule is O=C(NCC1CCCN(c2nccs2)C1)c1c(F)cccc1F. The monoisotopic (exact) mass is 337 g/mol. The molecular weight excluding hydrogens is 320 g/mol. The van der Waals surface area contributed by atoms with Gasteiger partial charge < -0.3 is 10.2 Å². The third kappa shape index (κ3) is 3.67. The summed E-state index contributed by atoms with van der Waals surface area (Å²) in [5.74, 6) is -2.13. The average molecular weight is 337 g/mol. The number of carbonyl (C=O) groups is 1. The fourth-order valence-corrected chi connectivity index (χ4v) is 3.50. The third-order valence-electron chi connectivity index (χ3n) is 3.95. The number of amides is 1. The molecule has 1 aliphatic heterocycles. The van der Waals surface area contributed by atoms with Crippen LogP contribution in [0.2, 0.25) is 0 Å². The predicted octanol–water partition coefficient (Wildman–Crippen LogP) is 3.07. The van der Waals surface area contributed by atoms with E-state index in [4.69, 9.17) is 0 Å². The van der Waals surface area contributed by atoms with Gasteiger partial charge in [0.25, 0.3) is 5.91 Å². The minimum atomic E-state index is -0.837. The number of rotatable bonds is 4. The van der Waals surface area contributed by atoms with Gasteiger partial charge in [0, 0.05) is 31.2 Å². The van der Waals surface area contributed by atoms with E-state index in [1.165, 1.54) is 6.07 Å². The van der Waals surface area contributed by atoms with Gasteiger partial charge in [0.2, 0.25) is 0 Å². The predicted molar refractivity (Wildman–Crippen MR) is 85.7 cm³/mol. The Morgan fingerprint density at radius 1 is 1.39 bits per heavy atom. The van der Waals surface area contributed by atoms with Crippen molar-refractivity contribution in [2.75, 3.05) is 24.5 Å². The molecule has 1 amide bonds. The molecule has 1 unspecified atom stereocenters. The highest BCUT2D eigenvalue weighted by molar-refractivity contribution is 7.13. The maximum Gasteiger partial charge on any atom is 0.257 e. The van der Waals surface area contributed by atoms with E-state index in [2.05, 4.69) is 15.2 Å². The highest BCUT2D eigenvalue weighted by Gasteiger charge is 2.23. The number of piperidine rings is 1. The van der Waals surface area contributed by atoms with Crippen LogP contribution in [0.1, 0.15) is 23.2 Å². The lowest BCUT2D eigenvalue weighted by Crippen LogP contribution is -2.41. The summed E-state index contributed by atoms with van der Waals surface area (Å²) in [5, 5.41) is 5.56. The zero-order chi connectivity index (χ0) is 16.2. The van der Waals surface area contributed by atoms with Crippen molar-refractivity contribution in [3.05, 3.63) is 47.0 Å². The summed E-state index contributed by atoms with van der Waals surface area (Å²) in [4.78, 5) is 18.5. The largest absolute Gasteiger partial charge is 0.352 e. The first kappa shape index (κ1) is 15.9. The number of nitrogens with one attached hydrogen (secondary N) is 1. The summed E-state index contributed by atoms with van der Waals surface area (Å²) in [7, 11) is 0. The Balaban J connectivity index is 1.59. The van der Waals surface area contributed by atoms with E-state index in [9.17, 15) is 13.6 Å². The molecule has 1 N–H and O–H groups in total. The number of nitrogens with zero attached hydrogens (tertiary/aromatic N) is 2. The van der Waals surface area contributed by atoms with E-state index in [1.54, 1.807) is 17.5 Å². The van der Waals surface area contributed by atoms with Gasteiger partial charge in [-0.2, -0.15) is 0 Å². The minimum absolute atomic E-state index is 0.242. The summed E-state index contributed by atoms with van der Waals surface area (Å²) in [6.45, 7) is 2.13. The Morgan fingerprint density at radius 3 is 2.87 bits per heavy atom. The zero-order valence-electron chi connectivity index (χ0n) is 12.5. The highest BCUT2D eigenvalue weighted by atomic mass is 32.1. The molecule has 0 saturated carbocycles. The second-order valence-corrected chi connectivity index (χ2v) is 6.45. The molecule has 23 heavy (non-hydrogen) atoms. The first-order chi connectivity index (χ1) is 11.1. The van der Waals surface area contributed by atoms with Crippen LogP contribution in [0, 0.1) is 17.6 Å². The maximum atomic E-state index is 13.6. The maximum absolute atomic E-state index is 13.6. The molecular formula is C16H17F2N3OS. The molecule has 0 radical (unpaired) electrons. The van der Waals surface area contributed by atoms with Crippen LogP contribution < -0.4 is 10.2 Å². The van der Waals surface area contributed by atoms with Crippen LogP contribution in [0.25, 0.3) is 0 Å². The Labute approximate surface area is 137 Å².